The Morgan fingerprint density at radius 2 is 2.07 bits per heavy atom. The molecule has 0 saturated carbocycles. The number of fused-ring (bicyclic) bond motifs is 1. The van der Waals surface area contributed by atoms with Crippen LogP contribution in [0.1, 0.15) is 12.8 Å². The summed E-state index contributed by atoms with van der Waals surface area (Å²) >= 11 is 14.1. The molecule has 0 aliphatic carbocycles. The third-order valence-corrected chi connectivity index (χ3v) is 8.27. The zero-order chi connectivity index (χ0) is 20.7. The van der Waals surface area contributed by atoms with E-state index in [0.29, 0.717) is 16.7 Å². The molecule has 1 N–H and O–H groups in total. The molecule has 3 aromatic rings. The van der Waals surface area contributed by atoms with E-state index in [1.54, 1.807) is 12.3 Å². The smallest absolute Gasteiger partial charge is 0.154 e. The fourth-order valence-electron chi connectivity index (χ4n) is 4.45. The van der Waals surface area contributed by atoms with Gasteiger partial charge in [0.1, 0.15) is 16.9 Å². The number of aromatic nitrogens is 3. The second-order valence-electron chi connectivity index (χ2n) is 7.86. The van der Waals surface area contributed by atoms with Crippen LogP contribution < -0.4 is 4.90 Å². The first-order valence-corrected chi connectivity index (χ1v) is 11.4. The van der Waals surface area contributed by atoms with Crippen LogP contribution in [0, 0.1) is 16.7 Å². The average molecular weight is 462 g/mol. The summed E-state index contributed by atoms with van der Waals surface area (Å²) < 4.78 is 7.76. The van der Waals surface area contributed by atoms with Crippen LogP contribution in [0.15, 0.2) is 46.8 Å². The first kappa shape index (κ1) is 20.1. The summed E-state index contributed by atoms with van der Waals surface area (Å²) in [5.41, 5.74) is 1.08. The largest absolute Gasteiger partial charge is 0.380 e. The standard InChI is InChI=1S/C21H21Cl2N5OS/c22-15-2-1-3-17(19(15)23)30-18-10-26-20(16-9-25-13-28(16)18)27-6-4-21(5-7-27)12-29-11-14(21)8-24/h1-3,8-10,13-14,24H,4-7,11-12H2/t14-/m1/s1. The van der Waals surface area contributed by atoms with E-state index in [1.165, 1.54) is 11.8 Å². The number of benzene rings is 1. The van der Waals surface area contributed by atoms with E-state index in [2.05, 4.69) is 9.88 Å². The molecule has 30 heavy (non-hydrogen) atoms. The van der Waals surface area contributed by atoms with Crippen LogP contribution in [0.4, 0.5) is 5.82 Å². The van der Waals surface area contributed by atoms with Gasteiger partial charge in [-0.2, -0.15) is 0 Å². The molecule has 2 fully saturated rings. The molecule has 156 valence electrons. The normalized spacial score (nSPS) is 20.9. The minimum atomic E-state index is 0.105. The number of nitrogens with zero attached hydrogens (tertiary/aromatic N) is 4. The first-order valence-electron chi connectivity index (χ1n) is 9.87. The van der Waals surface area contributed by atoms with Crippen molar-refractivity contribution >= 4 is 52.5 Å². The maximum Gasteiger partial charge on any atom is 0.154 e. The Morgan fingerprint density at radius 1 is 1.23 bits per heavy atom. The molecule has 2 aromatic heterocycles. The average Bonchev–Trinajstić information content (AvgIpc) is 3.40. The Bertz CT molecular complexity index is 1100. The molecule has 0 bridgehead atoms. The Labute approximate surface area is 189 Å². The van der Waals surface area contributed by atoms with Gasteiger partial charge >= 0.3 is 0 Å². The van der Waals surface area contributed by atoms with Crippen LogP contribution >= 0.6 is 35.0 Å². The van der Waals surface area contributed by atoms with Crippen molar-refractivity contribution in [3.63, 3.8) is 0 Å². The SMILES string of the molecule is N=C[C@@H]1COCC12CCN(c1ncc(Sc3cccc(Cl)c3Cl)n3cncc13)CC2. The lowest BCUT2D eigenvalue weighted by molar-refractivity contribution is 0.131. The number of hydrogen-bond acceptors (Lipinski definition) is 6. The van der Waals surface area contributed by atoms with E-state index in [1.807, 2.05) is 35.3 Å². The zero-order valence-electron chi connectivity index (χ0n) is 16.2. The van der Waals surface area contributed by atoms with Gasteiger partial charge in [0.2, 0.25) is 0 Å². The minimum Gasteiger partial charge on any atom is -0.380 e. The van der Waals surface area contributed by atoms with Crippen LogP contribution in [0.25, 0.3) is 5.52 Å². The Morgan fingerprint density at radius 3 is 2.87 bits per heavy atom. The van der Waals surface area contributed by atoms with Crippen molar-refractivity contribution in [3.8, 4) is 0 Å². The van der Waals surface area contributed by atoms with Gasteiger partial charge in [-0.1, -0.05) is 41.0 Å². The fraction of sp³-hybridized carbons (Fsp3) is 0.381. The molecule has 0 radical (unpaired) electrons. The first-order chi connectivity index (χ1) is 14.6. The van der Waals surface area contributed by atoms with Crippen molar-refractivity contribution in [2.24, 2.45) is 11.3 Å². The molecule has 0 amide bonds. The molecule has 2 aliphatic rings. The van der Waals surface area contributed by atoms with Gasteiger partial charge in [0.05, 0.1) is 35.7 Å². The van der Waals surface area contributed by atoms with Gasteiger partial charge in [-0.25, -0.2) is 9.97 Å². The van der Waals surface area contributed by atoms with Crippen molar-refractivity contribution in [3.05, 3.63) is 47.0 Å². The van der Waals surface area contributed by atoms with Crippen molar-refractivity contribution in [2.45, 2.75) is 22.8 Å². The van der Waals surface area contributed by atoms with Gasteiger partial charge < -0.3 is 15.0 Å². The Kier molecular flexibility index (Phi) is 5.39. The molecule has 6 nitrogen and oxygen atoms in total. The highest BCUT2D eigenvalue weighted by Gasteiger charge is 2.45. The zero-order valence-corrected chi connectivity index (χ0v) is 18.6. The molecule has 9 heteroatoms. The maximum absolute atomic E-state index is 7.74. The monoisotopic (exact) mass is 461 g/mol. The number of piperidine rings is 1. The van der Waals surface area contributed by atoms with Crippen molar-refractivity contribution < 1.29 is 4.74 Å². The quantitative estimate of drug-likeness (QED) is 0.549. The number of hydrogen-bond donors (Lipinski definition) is 1. The Hall–Kier alpha value is -1.80. The molecular weight excluding hydrogens is 441 g/mol. The van der Waals surface area contributed by atoms with E-state index in [9.17, 15) is 0 Å². The third kappa shape index (κ3) is 3.38. The van der Waals surface area contributed by atoms with E-state index in [4.69, 9.17) is 38.3 Å². The summed E-state index contributed by atoms with van der Waals surface area (Å²) in [6.45, 7) is 3.22. The summed E-state index contributed by atoms with van der Waals surface area (Å²) in [6, 6.07) is 5.62. The topological polar surface area (TPSA) is 66.5 Å². The van der Waals surface area contributed by atoms with Crippen LogP contribution in [0.2, 0.25) is 10.0 Å². The Balaban J connectivity index is 1.41. The summed E-state index contributed by atoms with van der Waals surface area (Å²) in [5.74, 6) is 1.16. The van der Waals surface area contributed by atoms with Crippen LogP contribution in [-0.4, -0.2) is 46.9 Å². The van der Waals surface area contributed by atoms with Crippen molar-refractivity contribution in [1.82, 2.24) is 14.4 Å². The van der Waals surface area contributed by atoms with Crippen molar-refractivity contribution in [1.29, 1.82) is 5.41 Å². The predicted molar refractivity (Wildman–Crippen MR) is 121 cm³/mol. The summed E-state index contributed by atoms with van der Waals surface area (Å²) in [7, 11) is 0. The van der Waals surface area contributed by atoms with E-state index in [-0.39, 0.29) is 11.3 Å². The van der Waals surface area contributed by atoms with Gasteiger partial charge in [0.25, 0.3) is 0 Å². The highest BCUT2D eigenvalue weighted by atomic mass is 35.5. The van der Waals surface area contributed by atoms with Crippen LogP contribution in [-0.2, 0) is 4.74 Å². The highest BCUT2D eigenvalue weighted by Crippen LogP contribution is 2.44. The van der Waals surface area contributed by atoms with E-state index in [0.717, 1.165) is 53.8 Å². The van der Waals surface area contributed by atoms with Crippen LogP contribution in [0.3, 0.4) is 0 Å². The predicted octanol–water partition coefficient (Wildman–Crippen LogP) is 5.07. The minimum absolute atomic E-state index is 0.105. The lowest BCUT2D eigenvalue weighted by atomic mass is 9.71. The molecule has 4 heterocycles. The highest BCUT2D eigenvalue weighted by molar-refractivity contribution is 7.99. The maximum atomic E-state index is 7.74. The van der Waals surface area contributed by atoms with Gasteiger partial charge in [-0.3, -0.25) is 4.40 Å². The number of ether oxygens (including phenoxy) is 1. The summed E-state index contributed by atoms with van der Waals surface area (Å²) in [6.07, 6.45) is 9.11. The molecule has 1 aromatic carbocycles. The third-order valence-electron chi connectivity index (χ3n) is 6.27. The second-order valence-corrected chi connectivity index (χ2v) is 9.71. The van der Waals surface area contributed by atoms with Crippen LogP contribution in [0.5, 0.6) is 0 Å². The molecule has 1 atom stereocenters. The van der Waals surface area contributed by atoms with Gasteiger partial charge in [-0.15, -0.1) is 0 Å². The van der Waals surface area contributed by atoms with Gasteiger partial charge in [0, 0.05) is 35.5 Å². The number of rotatable bonds is 4. The molecule has 2 saturated heterocycles. The number of anilines is 1. The van der Waals surface area contributed by atoms with Gasteiger partial charge in [-0.05, 0) is 25.0 Å². The fourth-order valence-corrected chi connectivity index (χ4v) is 5.85. The summed E-state index contributed by atoms with van der Waals surface area (Å²) in [4.78, 5) is 12.4. The number of imidazole rings is 1. The molecule has 0 unspecified atom stereocenters. The van der Waals surface area contributed by atoms with Crippen molar-refractivity contribution in [2.75, 3.05) is 31.2 Å². The summed E-state index contributed by atoms with van der Waals surface area (Å²) in [5, 5.41) is 9.75. The number of halogens is 2. The lowest BCUT2D eigenvalue weighted by Crippen LogP contribution is -2.44. The number of nitrogens with one attached hydrogen (secondary N) is 1. The van der Waals surface area contributed by atoms with E-state index < -0.39 is 0 Å². The second kappa shape index (κ2) is 8.04. The molecule has 1 spiro atoms. The van der Waals surface area contributed by atoms with Gasteiger partial charge in [0.15, 0.2) is 5.82 Å². The lowest BCUT2D eigenvalue weighted by Gasteiger charge is -2.41. The molecule has 5 rings (SSSR count). The van der Waals surface area contributed by atoms with E-state index >= 15 is 0 Å². The molecular formula is C21H21Cl2N5OS. The molecule has 2 aliphatic heterocycles.